The van der Waals surface area contributed by atoms with Crippen LogP contribution >= 0.6 is 11.8 Å². The summed E-state index contributed by atoms with van der Waals surface area (Å²) in [6.45, 7) is 2.14. The molecule has 2 heterocycles. The summed E-state index contributed by atoms with van der Waals surface area (Å²) in [5, 5.41) is 11.5. The van der Waals surface area contributed by atoms with E-state index in [-0.39, 0.29) is 5.91 Å². The number of unbranched alkanes of at least 4 members (excludes halogenated alkanes) is 1. The molecule has 30 heavy (non-hydrogen) atoms. The standard InChI is InChI=1S/C22H24N4O3S/c1-4-5-12-30-22-24-21(27)19-15-8-6-7-9-16(15)23-20(26(19)25-22)14-10-11-17(28-2)18(13-14)29-3/h6-11,13,20H,4-5,12H2,1-3H3,(H,24,25,27). The molecule has 4 rings (SSSR count). The average molecular weight is 425 g/mol. The minimum absolute atomic E-state index is 0.170. The van der Waals surface area contributed by atoms with Gasteiger partial charge in [0.1, 0.15) is 5.70 Å². The fourth-order valence-electron chi connectivity index (χ4n) is 3.44. The highest BCUT2D eigenvalue weighted by molar-refractivity contribution is 8.13. The Balaban J connectivity index is 1.84. The minimum Gasteiger partial charge on any atom is -0.493 e. The zero-order valence-corrected chi connectivity index (χ0v) is 18.0. The molecule has 1 amide bonds. The first-order valence-electron chi connectivity index (χ1n) is 9.87. The first kappa shape index (κ1) is 20.3. The molecule has 0 aliphatic carbocycles. The molecule has 2 aromatic carbocycles. The molecule has 1 atom stereocenters. The van der Waals surface area contributed by atoms with Gasteiger partial charge < -0.3 is 9.47 Å². The molecule has 0 saturated heterocycles. The van der Waals surface area contributed by atoms with E-state index in [0.717, 1.165) is 34.7 Å². The number of ether oxygens (including phenoxy) is 2. The molecule has 8 heteroatoms. The highest BCUT2D eigenvalue weighted by Crippen LogP contribution is 2.35. The number of hydrazone groups is 1. The van der Waals surface area contributed by atoms with Gasteiger partial charge in [0.25, 0.3) is 5.91 Å². The van der Waals surface area contributed by atoms with Gasteiger partial charge in [-0.3, -0.25) is 15.1 Å². The molecule has 2 aliphatic heterocycles. The first-order chi connectivity index (χ1) is 14.7. The van der Waals surface area contributed by atoms with Crippen molar-refractivity contribution < 1.29 is 14.3 Å². The van der Waals surface area contributed by atoms with Crippen molar-refractivity contribution in [3.63, 3.8) is 0 Å². The van der Waals surface area contributed by atoms with Gasteiger partial charge in [-0.2, -0.15) is 0 Å². The van der Waals surface area contributed by atoms with Crippen LogP contribution in [0.4, 0.5) is 0 Å². The summed E-state index contributed by atoms with van der Waals surface area (Å²) < 4.78 is 10.8. The van der Waals surface area contributed by atoms with Gasteiger partial charge in [0.15, 0.2) is 22.8 Å². The summed E-state index contributed by atoms with van der Waals surface area (Å²) >= 11 is 1.55. The summed E-state index contributed by atoms with van der Waals surface area (Å²) in [6.07, 6.45) is 1.66. The maximum atomic E-state index is 13.1. The molecule has 0 spiro atoms. The molecular weight excluding hydrogens is 400 g/mol. The van der Waals surface area contributed by atoms with Crippen molar-refractivity contribution in [1.29, 1.82) is 0 Å². The molecule has 0 saturated carbocycles. The fraction of sp³-hybridized carbons (Fsp3) is 0.318. The van der Waals surface area contributed by atoms with Crippen LogP contribution in [-0.4, -0.2) is 36.1 Å². The third-order valence-electron chi connectivity index (χ3n) is 4.96. The minimum atomic E-state index is -0.484. The van der Waals surface area contributed by atoms with Gasteiger partial charge in [-0.15, -0.1) is 5.10 Å². The van der Waals surface area contributed by atoms with Crippen LogP contribution in [0.3, 0.4) is 0 Å². The topological polar surface area (TPSA) is 75.5 Å². The lowest BCUT2D eigenvalue weighted by Crippen LogP contribution is -2.50. The van der Waals surface area contributed by atoms with E-state index >= 15 is 0 Å². The Hall–Kier alpha value is -3.00. The number of thioether (sulfide) groups is 1. The lowest BCUT2D eigenvalue weighted by Gasteiger charge is -2.34. The number of nitrogens with zero attached hydrogens (tertiary/aromatic N) is 3. The van der Waals surface area contributed by atoms with Gasteiger partial charge in [0, 0.05) is 16.5 Å². The number of amidine groups is 1. The maximum absolute atomic E-state index is 13.1. The van der Waals surface area contributed by atoms with Crippen molar-refractivity contribution in [3.8, 4) is 11.5 Å². The quantitative estimate of drug-likeness (QED) is 0.721. The van der Waals surface area contributed by atoms with Gasteiger partial charge >= 0.3 is 0 Å². The van der Waals surface area contributed by atoms with Crippen molar-refractivity contribution >= 4 is 28.5 Å². The van der Waals surface area contributed by atoms with Crippen molar-refractivity contribution in [2.24, 2.45) is 10.1 Å². The molecular formula is C22H24N4O3S. The second kappa shape index (κ2) is 8.79. The molecule has 0 fully saturated rings. The van der Waals surface area contributed by atoms with Crippen LogP contribution < -0.4 is 25.4 Å². The van der Waals surface area contributed by atoms with E-state index in [0.29, 0.717) is 22.4 Å². The summed E-state index contributed by atoms with van der Waals surface area (Å²) in [5.41, 5.74) is 1.36. The van der Waals surface area contributed by atoms with Gasteiger partial charge in [-0.1, -0.05) is 49.4 Å². The second-order valence-corrected chi connectivity index (χ2v) is 7.97. The van der Waals surface area contributed by atoms with E-state index in [4.69, 9.17) is 19.6 Å². The lowest BCUT2D eigenvalue weighted by molar-refractivity contribution is -0.116. The number of carbonyl (C=O) groups is 1. The molecule has 1 N–H and O–H groups in total. The van der Waals surface area contributed by atoms with Crippen molar-refractivity contribution in [2.45, 2.75) is 25.9 Å². The number of methoxy groups -OCH3 is 2. The SMILES string of the molecule is CCCCSC1=NN2C(=c3ccccc3=NC2c2ccc(OC)c(OC)c2)C(=O)N1. The predicted octanol–water partition coefficient (Wildman–Crippen LogP) is 2.38. The molecule has 2 aromatic rings. The highest BCUT2D eigenvalue weighted by atomic mass is 32.2. The third kappa shape index (κ3) is 3.75. The Morgan fingerprint density at radius 1 is 1.13 bits per heavy atom. The number of rotatable bonds is 6. The van der Waals surface area contributed by atoms with Crippen LogP contribution in [0.5, 0.6) is 11.5 Å². The number of hydrogen-bond acceptors (Lipinski definition) is 7. The summed E-state index contributed by atoms with van der Waals surface area (Å²) in [4.78, 5) is 18.0. The molecule has 7 nitrogen and oxygen atoms in total. The molecule has 2 aliphatic rings. The van der Waals surface area contributed by atoms with Gasteiger partial charge in [-0.25, -0.2) is 5.01 Å². The Labute approximate surface area is 179 Å². The van der Waals surface area contributed by atoms with Crippen LogP contribution in [0, 0.1) is 0 Å². The van der Waals surface area contributed by atoms with Gasteiger partial charge in [0.2, 0.25) is 0 Å². The zero-order valence-electron chi connectivity index (χ0n) is 17.2. The van der Waals surface area contributed by atoms with Crippen LogP contribution in [0.25, 0.3) is 5.70 Å². The van der Waals surface area contributed by atoms with E-state index in [1.54, 1.807) is 31.0 Å². The number of para-hydroxylation sites is 1. The van der Waals surface area contributed by atoms with Crippen molar-refractivity contribution in [3.05, 3.63) is 58.6 Å². The molecule has 0 aromatic heterocycles. The van der Waals surface area contributed by atoms with Crippen LogP contribution in [0.2, 0.25) is 0 Å². The zero-order chi connectivity index (χ0) is 21.1. The molecule has 156 valence electrons. The average Bonchev–Trinajstić information content (AvgIpc) is 2.78. The Bertz CT molecular complexity index is 1120. The Morgan fingerprint density at radius 2 is 1.93 bits per heavy atom. The Morgan fingerprint density at radius 3 is 2.70 bits per heavy atom. The molecule has 1 unspecified atom stereocenters. The van der Waals surface area contributed by atoms with E-state index < -0.39 is 6.17 Å². The van der Waals surface area contributed by atoms with Crippen molar-refractivity contribution in [1.82, 2.24) is 10.3 Å². The lowest BCUT2D eigenvalue weighted by atomic mass is 10.1. The number of hydrogen-bond donors (Lipinski definition) is 1. The number of benzene rings is 2. The van der Waals surface area contributed by atoms with Crippen molar-refractivity contribution in [2.75, 3.05) is 20.0 Å². The van der Waals surface area contributed by atoms with E-state index in [1.165, 1.54) is 0 Å². The number of amides is 1. The van der Waals surface area contributed by atoms with E-state index in [2.05, 4.69) is 12.2 Å². The van der Waals surface area contributed by atoms with Crippen LogP contribution in [0.15, 0.2) is 52.6 Å². The summed E-state index contributed by atoms with van der Waals surface area (Å²) in [5.74, 6) is 1.97. The molecule has 0 radical (unpaired) electrons. The largest absolute Gasteiger partial charge is 0.493 e. The predicted molar refractivity (Wildman–Crippen MR) is 118 cm³/mol. The normalized spacial score (nSPS) is 17.4. The van der Waals surface area contributed by atoms with Crippen LogP contribution in [-0.2, 0) is 4.79 Å². The fourth-order valence-corrected chi connectivity index (χ4v) is 4.37. The summed E-state index contributed by atoms with van der Waals surface area (Å²) in [7, 11) is 3.20. The summed E-state index contributed by atoms with van der Waals surface area (Å²) in [6, 6.07) is 13.3. The number of fused-ring (bicyclic) bond motifs is 2. The first-order valence-corrected chi connectivity index (χ1v) is 10.9. The smallest absolute Gasteiger partial charge is 0.276 e. The monoisotopic (exact) mass is 424 g/mol. The van der Waals surface area contributed by atoms with E-state index in [9.17, 15) is 4.79 Å². The van der Waals surface area contributed by atoms with Gasteiger partial charge in [-0.05, 0) is 24.6 Å². The Kier molecular flexibility index (Phi) is 5.94. The maximum Gasteiger partial charge on any atom is 0.276 e. The third-order valence-corrected chi connectivity index (χ3v) is 5.91. The van der Waals surface area contributed by atoms with Gasteiger partial charge in [0.05, 0.1) is 19.6 Å². The number of carbonyl (C=O) groups excluding carboxylic acids is 1. The number of nitrogens with one attached hydrogen (secondary N) is 1. The highest BCUT2D eigenvalue weighted by Gasteiger charge is 2.34. The van der Waals surface area contributed by atoms with E-state index in [1.807, 2.05) is 42.5 Å². The molecule has 0 bridgehead atoms. The second-order valence-electron chi connectivity index (χ2n) is 6.89. The van der Waals surface area contributed by atoms with Crippen LogP contribution in [0.1, 0.15) is 31.5 Å².